The van der Waals surface area contributed by atoms with Crippen molar-refractivity contribution in [1.29, 1.82) is 0 Å². The van der Waals surface area contributed by atoms with Crippen LogP contribution in [-0.4, -0.2) is 4.92 Å². The maximum atomic E-state index is 10.6. The summed E-state index contributed by atoms with van der Waals surface area (Å²) in [5, 5.41) is 14.1. The van der Waals surface area contributed by atoms with Crippen molar-refractivity contribution in [1.82, 2.24) is 0 Å². The number of nitrogens with one attached hydrogen (secondary N) is 1. The van der Waals surface area contributed by atoms with E-state index in [0.29, 0.717) is 17.3 Å². The van der Waals surface area contributed by atoms with Crippen molar-refractivity contribution in [2.24, 2.45) is 0 Å². The molecule has 0 aliphatic heterocycles. The van der Waals surface area contributed by atoms with Crippen LogP contribution in [0.15, 0.2) is 45.3 Å². The van der Waals surface area contributed by atoms with Gasteiger partial charge >= 0.3 is 0 Å². The molecule has 2 rings (SSSR count). The van der Waals surface area contributed by atoms with Crippen LogP contribution in [0.4, 0.5) is 11.4 Å². The van der Waals surface area contributed by atoms with Gasteiger partial charge < -0.3 is 5.32 Å². The summed E-state index contributed by atoms with van der Waals surface area (Å²) in [6, 6.07) is 10.3. The number of nitro benzene ring substituents is 1. The maximum Gasteiger partial charge on any atom is 0.271 e. The van der Waals surface area contributed by atoms with Crippen LogP contribution in [0.25, 0.3) is 0 Å². The van der Waals surface area contributed by atoms with Gasteiger partial charge in [0.05, 0.1) is 15.6 Å². The lowest BCUT2D eigenvalue weighted by molar-refractivity contribution is -0.384. The van der Waals surface area contributed by atoms with Crippen molar-refractivity contribution in [2.75, 3.05) is 5.32 Å². The second-order valence-corrected chi connectivity index (χ2v) is 6.14. The lowest BCUT2D eigenvalue weighted by Gasteiger charge is -2.09. The third-order valence-electron chi connectivity index (χ3n) is 2.63. The third kappa shape index (κ3) is 3.71. The molecule has 0 radical (unpaired) electrons. The van der Waals surface area contributed by atoms with E-state index in [0.717, 1.165) is 14.5 Å². The fourth-order valence-electron chi connectivity index (χ4n) is 1.61. The zero-order valence-electron chi connectivity index (χ0n) is 10.1. The van der Waals surface area contributed by atoms with Gasteiger partial charge in [0.2, 0.25) is 0 Å². The molecule has 0 saturated heterocycles. The van der Waals surface area contributed by atoms with E-state index < -0.39 is 4.92 Å². The highest BCUT2D eigenvalue weighted by molar-refractivity contribution is 9.13. The fraction of sp³-hybridized carbons (Fsp3) is 0.0769. The van der Waals surface area contributed by atoms with Crippen LogP contribution in [0, 0.1) is 10.1 Å². The molecular formula is C13H9Br2ClN2O2. The predicted octanol–water partition coefficient (Wildman–Crippen LogP) is 5.39. The van der Waals surface area contributed by atoms with Crippen LogP contribution in [0.1, 0.15) is 5.56 Å². The predicted molar refractivity (Wildman–Crippen MR) is 87.3 cm³/mol. The fourth-order valence-corrected chi connectivity index (χ4v) is 2.52. The number of non-ortho nitro benzene ring substituents is 1. The number of anilines is 1. The number of benzene rings is 2. The van der Waals surface area contributed by atoms with E-state index >= 15 is 0 Å². The Morgan fingerprint density at radius 3 is 2.50 bits per heavy atom. The number of nitro groups is 1. The number of halogens is 3. The Labute approximate surface area is 137 Å². The molecule has 0 heterocycles. The van der Waals surface area contributed by atoms with E-state index in [2.05, 4.69) is 37.2 Å². The minimum atomic E-state index is -0.471. The van der Waals surface area contributed by atoms with Gasteiger partial charge in [-0.3, -0.25) is 10.1 Å². The molecular weight excluding hydrogens is 411 g/mol. The van der Waals surface area contributed by atoms with E-state index in [1.54, 1.807) is 6.07 Å². The highest BCUT2D eigenvalue weighted by Crippen LogP contribution is 2.28. The van der Waals surface area contributed by atoms with Gasteiger partial charge in [-0.2, -0.15) is 0 Å². The number of hydrogen-bond donors (Lipinski definition) is 1. The smallest absolute Gasteiger partial charge is 0.271 e. The average Bonchev–Trinajstić information content (AvgIpc) is 2.41. The van der Waals surface area contributed by atoms with E-state index in [9.17, 15) is 10.1 Å². The zero-order chi connectivity index (χ0) is 14.7. The zero-order valence-corrected chi connectivity index (χ0v) is 14.0. The van der Waals surface area contributed by atoms with E-state index in [4.69, 9.17) is 11.6 Å². The molecule has 0 aliphatic carbocycles. The molecule has 7 heteroatoms. The van der Waals surface area contributed by atoms with Crippen molar-refractivity contribution in [2.45, 2.75) is 6.54 Å². The molecule has 104 valence electrons. The Kier molecular flexibility index (Phi) is 5.01. The Morgan fingerprint density at radius 1 is 1.15 bits per heavy atom. The summed E-state index contributed by atoms with van der Waals surface area (Å²) < 4.78 is 1.95. The van der Waals surface area contributed by atoms with Crippen LogP contribution in [0.2, 0.25) is 5.02 Å². The van der Waals surface area contributed by atoms with E-state index in [1.807, 2.05) is 18.2 Å². The summed E-state index contributed by atoms with van der Waals surface area (Å²) in [4.78, 5) is 10.2. The van der Waals surface area contributed by atoms with E-state index in [-0.39, 0.29) is 5.69 Å². The monoisotopic (exact) mass is 418 g/mol. The molecule has 0 aromatic heterocycles. The Balaban J connectivity index is 2.10. The second-order valence-electron chi connectivity index (χ2n) is 4.02. The molecule has 0 atom stereocenters. The van der Waals surface area contributed by atoms with Crippen LogP contribution in [0.3, 0.4) is 0 Å². The lowest BCUT2D eigenvalue weighted by Crippen LogP contribution is -2.00. The lowest BCUT2D eigenvalue weighted by atomic mass is 10.2. The van der Waals surface area contributed by atoms with Crippen molar-refractivity contribution >= 4 is 54.8 Å². The summed E-state index contributed by atoms with van der Waals surface area (Å²) in [5.74, 6) is 0. The summed E-state index contributed by atoms with van der Waals surface area (Å²) >= 11 is 12.9. The Bertz CT molecular complexity index is 665. The molecule has 4 nitrogen and oxygen atoms in total. The average molecular weight is 420 g/mol. The van der Waals surface area contributed by atoms with Crippen LogP contribution >= 0.6 is 43.5 Å². The molecule has 2 aromatic rings. The quantitative estimate of drug-likeness (QED) is 0.533. The van der Waals surface area contributed by atoms with Gasteiger partial charge in [-0.05, 0) is 55.6 Å². The van der Waals surface area contributed by atoms with E-state index in [1.165, 1.54) is 12.1 Å². The highest BCUT2D eigenvalue weighted by Gasteiger charge is 2.09. The molecule has 0 amide bonds. The first-order valence-corrected chi connectivity index (χ1v) is 7.55. The van der Waals surface area contributed by atoms with Gasteiger partial charge in [0.15, 0.2) is 0 Å². The molecule has 0 unspecified atom stereocenters. The van der Waals surface area contributed by atoms with Crippen molar-refractivity contribution < 1.29 is 4.92 Å². The van der Waals surface area contributed by atoms with Gasteiger partial charge in [-0.15, -0.1) is 0 Å². The highest BCUT2D eigenvalue weighted by atomic mass is 79.9. The topological polar surface area (TPSA) is 55.2 Å². The Morgan fingerprint density at radius 2 is 1.90 bits per heavy atom. The molecule has 2 aromatic carbocycles. The standard InChI is InChI=1S/C13H9Br2ClN2O2/c14-10-3-1-8(5-11(10)15)7-17-13-4-2-9(18(19)20)6-12(13)16/h1-6,17H,7H2. The van der Waals surface area contributed by atoms with Gasteiger partial charge in [0.1, 0.15) is 0 Å². The largest absolute Gasteiger partial charge is 0.380 e. The SMILES string of the molecule is O=[N+]([O-])c1ccc(NCc2ccc(Br)c(Br)c2)c(Cl)c1. The van der Waals surface area contributed by atoms with Crippen molar-refractivity contribution in [3.05, 3.63) is 66.0 Å². The number of rotatable bonds is 4. The van der Waals surface area contributed by atoms with Gasteiger partial charge in [-0.25, -0.2) is 0 Å². The summed E-state index contributed by atoms with van der Waals surface area (Å²) in [5.41, 5.74) is 1.71. The molecule has 0 spiro atoms. The van der Waals surface area contributed by atoms with Crippen LogP contribution < -0.4 is 5.32 Å². The van der Waals surface area contributed by atoms with Crippen LogP contribution in [0.5, 0.6) is 0 Å². The first-order chi connectivity index (χ1) is 9.47. The molecule has 0 saturated carbocycles. The minimum Gasteiger partial charge on any atom is -0.380 e. The number of nitrogens with zero attached hydrogens (tertiary/aromatic N) is 1. The van der Waals surface area contributed by atoms with Gasteiger partial charge in [-0.1, -0.05) is 17.7 Å². The van der Waals surface area contributed by atoms with Crippen molar-refractivity contribution in [3.8, 4) is 0 Å². The summed E-state index contributed by atoms with van der Waals surface area (Å²) in [7, 11) is 0. The summed E-state index contributed by atoms with van der Waals surface area (Å²) in [6.45, 7) is 0.573. The molecule has 0 bridgehead atoms. The van der Waals surface area contributed by atoms with Gasteiger partial charge in [0, 0.05) is 27.6 Å². The maximum absolute atomic E-state index is 10.6. The molecule has 1 N–H and O–H groups in total. The van der Waals surface area contributed by atoms with Crippen molar-refractivity contribution in [3.63, 3.8) is 0 Å². The first-order valence-electron chi connectivity index (χ1n) is 5.59. The Hall–Kier alpha value is -1.11. The first kappa shape index (κ1) is 15.3. The number of hydrogen-bond acceptors (Lipinski definition) is 3. The van der Waals surface area contributed by atoms with Crippen LogP contribution in [-0.2, 0) is 6.54 Å². The second kappa shape index (κ2) is 6.56. The minimum absolute atomic E-state index is 0.0214. The van der Waals surface area contributed by atoms with Gasteiger partial charge in [0.25, 0.3) is 5.69 Å². The normalized spacial score (nSPS) is 10.3. The molecule has 0 aliphatic rings. The molecule has 20 heavy (non-hydrogen) atoms. The third-order valence-corrected chi connectivity index (χ3v) is 4.82. The summed E-state index contributed by atoms with van der Waals surface area (Å²) in [6.07, 6.45) is 0. The molecule has 0 fully saturated rings.